The monoisotopic (exact) mass is 372 g/mol. The molecule has 0 saturated heterocycles. The summed E-state index contributed by atoms with van der Waals surface area (Å²) in [6.07, 6.45) is 2.32. The van der Waals surface area contributed by atoms with Gasteiger partial charge in [-0.15, -0.1) is 0 Å². The fraction of sp³-hybridized carbons (Fsp3) is 0.125. The van der Waals surface area contributed by atoms with Crippen molar-refractivity contribution >= 4 is 10.8 Å². The molecule has 0 aliphatic heterocycles. The predicted octanol–water partition coefficient (Wildman–Crippen LogP) is 5.20. The molecule has 1 heterocycles. The molecule has 140 valence electrons. The Morgan fingerprint density at radius 3 is 2.50 bits per heavy atom. The number of hydrogen-bond acceptors (Lipinski definition) is 3. The average Bonchev–Trinajstić information content (AvgIpc) is 2.74. The van der Waals surface area contributed by atoms with E-state index in [1.807, 2.05) is 42.5 Å². The Bertz CT molecular complexity index is 1080. The lowest BCUT2D eigenvalue weighted by molar-refractivity contribution is 0.296. The molecule has 0 saturated carbocycles. The zero-order valence-electron chi connectivity index (χ0n) is 15.4. The fourth-order valence-corrected chi connectivity index (χ4v) is 3.35. The summed E-state index contributed by atoms with van der Waals surface area (Å²) in [5.74, 6) is 0.448. The van der Waals surface area contributed by atoms with E-state index in [9.17, 15) is 4.39 Å². The summed E-state index contributed by atoms with van der Waals surface area (Å²) in [5, 5.41) is 2.20. The zero-order valence-corrected chi connectivity index (χ0v) is 15.4. The molecule has 2 N–H and O–H groups in total. The first kappa shape index (κ1) is 18.1. The molecule has 3 nitrogen and oxygen atoms in total. The van der Waals surface area contributed by atoms with E-state index in [2.05, 4.69) is 17.1 Å². The Morgan fingerprint density at radius 2 is 1.68 bits per heavy atom. The molecule has 0 fully saturated rings. The maximum absolute atomic E-state index is 14.0. The summed E-state index contributed by atoms with van der Waals surface area (Å²) in [7, 11) is 0. The highest BCUT2D eigenvalue weighted by molar-refractivity contribution is 5.87. The van der Waals surface area contributed by atoms with Crippen molar-refractivity contribution < 1.29 is 9.13 Å². The molecule has 4 heteroatoms. The van der Waals surface area contributed by atoms with Gasteiger partial charge < -0.3 is 10.5 Å². The third kappa shape index (κ3) is 3.87. The summed E-state index contributed by atoms with van der Waals surface area (Å²) < 4.78 is 20.0. The third-order valence-corrected chi connectivity index (χ3v) is 4.83. The van der Waals surface area contributed by atoms with Gasteiger partial charge in [0.05, 0.1) is 11.7 Å². The number of nitrogens with two attached hydrogens (primary N) is 1. The highest BCUT2D eigenvalue weighted by Gasteiger charge is 2.15. The molecule has 28 heavy (non-hydrogen) atoms. The van der Waals surface area contributed by atoms with Crippen molar-refractivity contribution in [2.75, 3.05) is 0 Å². The second kappa shape index (κ2) is 8.19. The predicted molar refractivity (Wildman–Crippen MR) is 110 cm³/mol. The molecule has 0 aliphatic rings. The largest absolute Gasteiger partial charge is 0.488 e. The number of benzene rings is 3. The van der Waals surface area contributed by atoms with Crippen LogP contribution in [0.1, 0.15) is 22.9 Å². The highest BCUT2D eigenvalue weighted by atomic mass is 19.1. The van der Waals surface area contributed by atoms with Gasteiger partial charge in [-0.1, -0.05) is 54.6 Å². The summed E-state index contributed by atoms with van der Waals surface area (Å²) in [4.78, 5) is 4.37. The van der Waals surface area contributed by atoms with Gasteiger partial charge >= 0.3 is 0 Å². The Morgan fingerprint density at radius 1 is 0.893 bits per heavy atom. The first-order valence-electron chi connectivity index (χ1n) is 9.26. The van der Waals surface area contributed by atoms with Crippen molar-refractivity contribution in [1.29, 1.82) is 0 Å². The third-order valence-electron chi connectivity index (χ3n) is 4.83. The highest BCUT2D eigenvalue weighted by Crippen LogP contribution is 2.32. The number of pyridine rings is 1. The quantitative estimate of drug-likeness (QED) is 0.506. The van der Waals surface area contributed by atoms with Crippen LogP contribution in [0.5, 0.6) is 5.75 Å². The van der Waals surface area contributed by atoms with Crippen LogP contribution in [0.2, 0.25) is 0 Å². The second-order valence-corrected chi connectivity index (χ2v) is 6.71. The van der Waals surface area contributed by atoms with Gasteiger partial charge in [0.25, 0.3) is 0 Å². The smallest absolute Gasteiger partial charge is 0.129 e. The van der Waals surface area contributed by atoms with Crippen LogP contribution in [0.15, 0.2) is 85.1 Å². The minimum absolute atomic E-state index is 0.164. The van der Waals surface area contributed by atoms with E-state index in [1.54, 1.807) is 24.4 Å². The number of rotatable bonds is 6. The molecule has 0 radical (unpaired) electrons. The maximum Gasteiger partial charge on any atom is 0.129 e. The molecule has 0 amide bonds. The molecule has 1 aromatic heterocycles. The first-order valence-corrected chi connectivity index (χ1v) is 9.26. The van der Waals surface area contributed by atoms with Gasteiger partial charge in [0.15, 0.2) is 0 Å². The molecule has 1 unspecified atom stereocenters. The molecule has 1 atom stereocenters. The Kier molecular flexibility index (Phi) is 5.31. The number of nitrogens with zero attached hydrogens (tertiary/aromatic N) is 1. The van der Waals surface area contributed by atoms with Crippen LogP contribution in [-0.4, -0.2) is 4.98 Å². The van der Waals surface area contributed by atoms with E-state index in [0.717, 1.165) is 22.0 Å². The molecule has 4 aromatic rings. The number of fused-ring (bicyclic) bond motifs is 1. The lowest BCUT2D eigenvalue weighted by Crippen LogP contribution is -2.15. The van der Waals surface area contributed by atoms with Gasteiger partial charge in [-0.3, -0.25) is 4.98 Å². The van der Waals surface area contributed by atoms with Gasteiger partial charge in [0.2, 0.25) is 0 Å². The van der Waals surface area contributed by atoms with Crippen molar-refractivity contribution in [2.24, 2.45) is 5.73 Å². The van der Waals surface area contributed by atoms with Crippen molar-refractivity contribution in [3.05, 3.63) is 108 Å². The van der Waals surface area contributed by atoms with Crippen LogP contribution in [0, 0.1) is 5.82 Å². The molecule has 0 aliphatic carbocycles. The van der Waals surface area contributed by atoms with Crippen molar-refractivity contribution in [1.82, 2.24) is 4.98 Å². The summed E-state index contributed by atoms with van der Waals surface area (Å²) in [6.45, 7) is 0.164. The van der Waals surface area contributed by atoms with Crippen molar-refractivity contribution in [2.45, 2.75) is 19.1 Å². The van der Waals surface area contributed by atoms with Gasteiger partial charge in [-0.2, -0.15) is 0 Å². The van der Waals surface area contributed by atoms with E-state index in [0.29, 0.717) is 17.7 Å². The minimum Gasteiger partial charge on any atom is -0.488 e. The summed E-state index contributed by atoms with van der Waals surface area (Å²) in [6, 6.07) is 24.2. The molecular weight excluding hydrogens is 351 g/mol. The van der Waals surface area contributed by atoms with Crippen LogP contribution in [0.3, 0.4) is 0 Å². The Balaban J connectivity index is 1.68. The van der Waals surface area contributed by atoms with E-state index in [-0.39, 0.29) is 18.5 Å². The molecule has 4 rings (SSSR count). The van der Waals surface area contributed by atoms with Crippen molar-refractivity contribution in [3.63, 3.8) is 0 Å². The number of aromatic nitrogens is 1. The van der Waals surface area contributed by atoms with Gasteiger partial charge in [-0.05, 0) is 41.5 Å². The molecule has 3 aromatic carbocycles. The number of hydrogen-bond donors (Lipinski definition) is 1. The van der Waals surface area contributed by atoms with Crippen LogP contribution in [0.4, 0.5) is 4.39 Å². The minimum atomic E-state index is -0.268. The van der Waals surface area contributed by atoms with Gasteiger partial charge in [0.1, 0.15) is 18.2 Å². The lowest BCUT2D eigenvalue weighted by atomic mass is 9.96. The van der Waals surface area contributed by atoms with Gasteiger partial charge in [0, 0.05) is 17.3 Å². The van der Waals surface area contributed by atoms with Crippen LogP contribution in [0.25, 0.3) is 10.8 Å². The maximum atomic E-state index is 14.0. The zero-order chi connectivity index (χ0) is 19.3. The standard InChI is InChI=1S/C24H21FN2O/c25-21-10-4-2-8-18(21)16-28-24-13-12-17-7-1-3-9-19(17)20(24)15-22(26)23-11-5-6-14-27-23/h1-14,22H,15-16,26H2. The first-order chi connectivity index (χ1) is 13.7. The van der Waals surface area contributed by atoms with E-state index < -0.39 is 0 Å². The van der Waals surface area contributed by atoms with Crippen LogP contribution in [-0.2, 0) is 13.0 Å². The van der Waals surface area contributed by atoms with Crippen LogP contribution < -0.4 is 10.5 Å². The topological polar surface area (TPSA) is 48.1 Å². The van der Waals surface area contributed by atoms with E-state index in [4.69, 9.17) is 10.5 Å². The Labute approximate surface area is 163 Å². The SMILES string of the molecule is NC(Cc1c(OCc2ccccc2F)ccc2ccccc12)c1ccccn1. The summed E-state index contributed by atoms with van der Waals surface area (Å²) in [5.41, 5.74) is 8.80. The van der Waals surface area contributed by atoms with Gasteiger partial charge in [-0.25, -0.2) is 4.39 Å². The Hall–Kier alpha value is -3.24. The second-order valence-electron chi connectivity index (χ2n) is 6.71. The fourth-order valence-electron chi connectivity index (χ4n) is 3.35. The summed E-state index contributed by atoms with van der Waals surface area (Å²) >= 11 is 0. The normalized spacial score (nSPS) is 12.1. The lowest BCUT2D eigenvalue weighted by Gasteiger charge is -2.18. The van der Waals surface area contributed by atoms with Crippen LogP contribution >= 0.6 is 0 Å². The van der Waals surface area contributed by atoms with E-state index >= 15 is 0 Å². The van der Waals surface area contributed by atoms with Crippen molar-refractivity contribution in [3.8, 4) is 5.75 Å². The number of halogens is 1. The molecular formula is C24H21FN2O. The van der Waals surface area contributed by atoms with E-state index in [1.165, 1.54) is 6.07 Å². The number of ether oxygens (including phenoxy) is 1. The molecule has 0 bridgehead atoms. The molecule has 0 spiro atoms. The average molecular weight is 372 g/mol.